The molecule has 0 heterocycles. The maximum absolute atomic E-state index is 13.7. The Morgan fingerprint density at radius 1 is 0.946 bits per heavy atom. The normalized spacial score (nSPS) is 12.0. The van der Waals surface area contributed by atoms with Crippen molar-refractivity contribution in [1.82, 2.24) is 10.2 Å². The molecule has 37 heavy (non-hydrogen) atoms. The van der Waals surface area contributed by atoms with Crippen molar-refractivity contribution in [2.24, 2.45) is 0 Å². The van der Waals surface area contributed by atoms with Crippen molar-refractivity contribution in [3.8, 4) is 17.2 Å². The number of carbonyl (C=O) groups excluding carboxylic acids is 2. The number of hydrogen-bond acceptors (Lipinski definition) is 7. The Hall–Kier alpha value is -3.47. The van der Waals surface area contributed by atoms with Gasteiger partial charge < -0.3 is 24.4 Å². The first-order chi connectivity index (χ1) is 17.4. The second-order valence-corrected chi connectivity index (χ2v) is 10.7. The third-order valence-electron chi connectivity index (χ3n) is 5.66. The molecular formula is C26H37N3O7S. The first-order valence-corrected chi connectivity index (χ1v) is 13.7. The van der Waals surface area contributed by atoms with E-state index in [-0.39, 0.29) is 24.2 Å². The van der Waals surface area contributed by atoms with E-state index in [1.807, 2.05) is 20.8 Å². The van der Waals surface area contributed by atoms with Gasteiger partial charge in [0, 0.05) is 18.7 Å². The Morgan fingerprint density at radius 3 is 2.05 bits per heavy atom. The zero-order valence-electron chi connectivity index (χ0n) is 22.5. The molecule has 1 N–H and O–H groups in total. The number of hydrogen-bond donors (Lipinski definition) is 1. The van der Waals surface area contributed by atoms with Gasteiger partial charge in [-0.15, -0.1) is 0 Å². The molecule has 2 aromatic rings. The van der Waals surface area contributed by atoms with Gasteiger partial charge in [-0.25, -0.2) is 8.42 Å². The van der Waals surface area contributed by atoms with E-state index in [1.165, 1.54) is 31.3 Å². The van der Waals surface area contributed by atoms with Crippen LogP contribution < -0.4 is 23.8 Å². The number of rotatable bonds is 13. The van der Waals surface area contributed by atoms with E-state index in [0.29, 0.717) is 23.7 Å². The number of methoxy groups -OCH3 is 3. The molecule has 1 unspecified atom stereocenters. The lowest BCUT2D eigenvalue weighted by Crippen LogP contribution is -2.53. The van der Waals surface area contributed by atoms with Crippen molar-refractivity contribution in [2.75, 3.05) is 38.4 Å². The molecule has 204 valence electrons. The largest absolute Gasteiger partial charge is 0.497 e. The van der Waals surface area contributed by atoms with E-state index < -0.39 is 28.5 Å². The SMILES string of the molecule is CCC(C(=O)NC(C)C)N(Cc1ccc(OC)cc1)C(=O)CN(c1ccc(OC)c(OC)c1)S(C)(=O)=O. The molecule has 0 aliphatic rings. The highest BCUT2D eigenvalue weighted by molar-refractivity contribution is 7.92. The molecule has 11 heteroatoms. The second kappa shape index (κ2) is 13.2. The average molecular weight is 536 g/mol. The van der Waals surface area contributed by atoms with Gasteiger partial charge in [-0.2, -0.15) is 0 Å². The monoisotopic (exact) mass is 535 g/mol. The summed E-state index contributed by atoms with van der Waals surface area (Å²) < 4.78 is 42.3. The van der Waals surface area contributed by atoms with Crippen LogP contribution in [-0.2, 0) is 26.2 Å². The number of nitrogens with one attached hydrogen (secondary N) is 1. The Labute approximate surface area is 219 Å². The van der Waals surface area contributed by atoms with Crippen LogP contribution in [0.25, 0.3) is 0 Å². The summed E-state index contributed by atoms with van der Waals surface area (Å²) in [5, 5.41) is 2.86. The number of carbonyl (C=O) groups is 2. The van der Waals surface area contributed by atoms with Crippen LogP contribution in [-0.4, -0.2) is 71.3 Å². The Bertz CT molecular complexity index is 1170. The van der Waals surface area contributed by atoms with Crippen molar-refractivity contribution in [2.45, 2.75) is 45.8 Å². The van der Waals surface area contributed by atoms with Crippen LogP contribution in [0, 0.1) is 0 Å². The first kappa shape index (κ1) is 29.8. The highest BCUT2D eigenvalue weighted by Gasteiger charge is 2.32. The van der Waals surface area contributed by atoms with Gasteiger partial charge in [0.1, 0.15) is 18.3 Å². The lowest BCUT2D eigenvalue weighted by atomic mass is 10.1. The van der Waals surface area contributed by atoms with Crippen LogP contribution in [0.3, 0.4) is 0 Å². The van der Waals surface area contributed by atoms with Crippen molar-refractivity contribution < 1.29 is 32.2 Å². The molecule has 0 radical (unpaired) electrons. The molecule has 2 amide bonds. The number of anilines is 1. The minimum Gasteiger partial charge on any atom is -0.497 e. The summed E-state index contributed by atoms with van der Waals surface area (Å²) in [5.41, 5.74) is 1.000. The summed E-state index contributed by atoms with van der Waals surface area (Å²) in [5.74, 6) is 0.559. The number of amides is 2. The van der Waals surface area contributed by atoms with Crippen LogP contribution in [0.1, 0.15) is 32.8 Å². The smallest absolute Gasteiger partial charge is 0.244 e. The summed E-state index contributed by atoms with van der Waals surface area (Å²) in [7, 11) is 0.595. The standard InChI is InChI=1S/C26H37N3O7S/c1-8-22(26(31)27-18(2)3)28(16-19-9-12-21(34-4)13-10-19)25(30)17-29(37(7,32)33)20-11-14-23(35-5)24(15-20)36-6/h9-15,18,22H,8,16-17H2,1-7H3,(H,27,31). The maximum atomic E-state index is 13.7. The van der Waals surface area contributed by atoms with Gasteiger partial charge in [0.2, 0.25) is 21.8 Å². The molecule has 0 saturated heterocycles. The highest BCUT2D eigenvalue weighted by Crippen LogP contribution is 2.32. The fourth-order valence-electron chi connectivity index (χ4n) is 3.82. The topological polar surface area (TPSA) is 114 Å². The molecule has 1 atom stereocenters. The van der Waals surface area contributed by atoms with Crippen LogP contribution >= 0.6 is 0 Å². The van der Waals surface area contributed by atoms with Crippen LogP contribution in [0.4, 0.5) is 5.69 Å². The fraction of sp³-hybridized carbons (Fsp3) is 0.462. The van der Waals surface area contributed by atoms with Crippen molar-refractivity contribution >= 4 is 27.5 Å². The third-order valence-corrected chi connectivity index (χ3v) is 6.80. The van der Waals surface area contributed by atoms with Gasteiger partial charge in [0.05, 0.1) is 33.3 Å². The molecule has 10 nitrogen and oxygen atoms in total. The maximum Gasteiger partial charge on any atom is 0.244 e. The van der Waals surface area contributed by atoms with E-state index in [1.54, 1.807) is 37.4 Å². The zero-order valence-corrected chi connectivity index (χ0v) is 23.3. The first-order valence-electron chi connectivity index (χ1n) is 11.9. The number of benzene rings is 2. The molecule has 0 aliphatic heterocycles. The predicted molar refractivity (Wildman–Crippen MR) is 143 cm³/mol. The van der Waals surface area contributed by atoms with Crippen LogP contribution in [0.5, 0.6) is 17.2 Å². The zero-order chi connectivity index (χ0) is 27.8. The van der Waals surface area contributed by atoms with E-state index in [9.17, 15) is 18.0 Å². The predicted octanol–water partition coefficient (Wildman–Crippen LogP) is 2.81. The summed E-state index contributed by atoms with van der Waals surface area (Å²) in [6.07, 6.45) is 1.36. The minimum atomic E-state index is -3.87. The van der Waals surface area contributed by atoms with Crippen molar-refractivity contribution in [1.29, 1.82) is 0 Å². The highest BCUT2D eigenvalue weighted by atomic mass is 32.2. The average Bonchev–Trinajstić information content (AvgIpc) is 2.85. The molecule has 0 bridgehead atoms. The van der Waals surface area contributed by atoms with Crippen molar-refractivity contribution in [3.63, 3.8) is 0 Å². The van der Waals surface area contributed by atoms with E-state index >= 15 is 0 Å². The van der Waals surface area contributed by atoms with Gasteiger partial charge in [0.25, 0.3) is 0 Å². The van der Waals surface area contributed by atoms with Gasteiger partial charge in [-0.1, -0.05) is 19.1 Å². The van der Waals surface area contributed by atoms with E-state index in [0.717, 1.165) is 16.1 Å². The van der Waals surface area contributed by atoms with Gasteiger partial charge in [0.15, 0.2) is 11.5 Å². The summed E-state index contributed by atoms with van der Waals surface area (Å²) in [6, 6.07) is 10.8. The molecule has 0 aromatic heterocycles. The molecule has 2 rings (SSSR count). The van der Waals surface area contributed by atoms with Crippen LogP contribution in [0.15, 0.2) is 42.5 Å². The van der Waals surface area contributed by atoms with Gasteiger partial charge in [-0.05, 0) is 50.1 Å². The van der Waals surface area contributed by atoms with Gasteiger partial charge >= 0.3 is 0 Å². The Kier molecular flexibility index (Phi) is 10.6. The summed E-state index contributed by atoms with van der Waals surface area (Å²) in [4.78, 5) is 28.2. The second-order valence-electron chi connectivity index (χ2n) is 8.77. The van der Waals surface area contributed by atoms with Gasteiger partial charge in [-0.3, -0.25) is 13.9 Å². The number of ether oxygens (including phenoxy) is 3. The fourth-order valence-corrected chi connectivity index (χ4v) is 4.66. The molecule has 0 saturated carbocycles. The lowest BCUT2D eigenvalue weighted by molar-refractivity contribution is -0.140. The minimum absolute atomic E-state index is 0.108. The summed E-state index contributed by atoms with van der Waals surface area (Å²) >= 11 is 0. The molecule has 0 fully saturated rings. The number of sulfonamides is 1. The number of nitrogens with zero attached hydrogens (tertiary/aromatic N) is 2. The Morgan fingerprint density at radius 2 is 1.57 bits per heavy atom. The van der Waals surface area contributed by atoms with E-state index in [2.05, 4.69) is 5.32 Å². The van der Waals surface area contributed by atoms with Crippen molar-refractivity contribution in [3.05, 3.63) is 48.0 Å². The quantitative estimate of drug-likeness (QED) is 0.419. The summed E-state index contributed by atoms with van der Waals surface area (Å²) in [6.45, 7) is 5.08. The third kappa shape index (κ3) is 8.01. The lowest BCUT2D eigenvalue weighted by Gasteiger charge is -2.33. The molecule has 0 aliphatic carbocycles. The van der Waals surface area contributed by atoms with E-state index in [4.69, 9.17) is 14.2 Å². The Balaban J connectivity index is 2.48. The molecule has 2 aromatic carbocycles. The molecule has 0 spiro atoms. The van der Waals surface area contributed by atoms with Crippen LogP contribution in [0.2, 0.25) is 0 Å². The molecular weight excluding hydrogens is 498 g/mol.